The van der Waals surface area contributed by atoms with E-state index < -0.39 is 17.8 Å². The fourth-order valence-electron chi connectivity index (χ4n) is 3.27. The SMILES string of the molecule is CCc1cccc(CC)c1N1C(=O)c2cccc(C(=O)OC)c2C1=O. The number of benzene rings is 2. The largest absolute Gasteiger partial charge is 0.465 e. The van der Waals surface area contributed by atoms with Crippen molar-refractivity contribution < 1.29 is 19.1 Å². The highest BCUT2D eigenvalue weighted by molar-refractivity contribution is 6.36. The molecule has 5 heteroatoms. The summed E-state index contributed by atoms with van der Waals surface area (Å²) in [5, 5.41) is 0. The quantitative estimate of drug-likeness (QED) is 0.634. The van der Waals surface area contributed by atoms with Crippen molar-refractivity contribution in [1.29, 1.82) is 0 Å². The number of fused-ring (bicyclic) bond motifs is 1. The second-order valence-electron chi connectivity index (χ2n) is 5.80. The lowest BCUT2D eigenvalue weighted by molar-refractivity contribution is 0.0597. The topological polar surface area (TPSA) is 63.7 Å². The van der Waals surface area contributed by atoms with Crippen LogP contribution in [0.1, 0.15) is 56.0 Å². The molecule has 3 rings (SSSR count). The van der Waals surface area contributed by atoms with E-state index in [4.69, 9.17) is 4.74 Å². The Bertz CT molecular complexity index is 863. The summed E-state index contributed by atoms with van der Waals surface area (Å²) in [6.45, 7) is 3.96. The summed E-state index contributed by atoms with van der Waals surface area (Å²) < 4.78 is 4.75. The first-order valence-corrected chi connectivity index (χ1v) is 8.25. The van der Waals surface area contributed by atoms with E-state index in [1.54, 1.807) is 12.1 Å². The molecule has 0 spiro atoms. The van der Waals surface area contributed by atoms with Gasteiger partial charge in [0.2, 0.25) is 0 Å². The van der Waals surface area contributed by atoms with Gasteiger partial charge in [-0.15, -0.1) is 0 Å². The Kier molecular flexibility index (Phi) is 4.40. The zero-order valence-corrected chi connectivity index (χ0v) is 14.5. The van der Waals surface area contributed by atoms with Gasteiger partial charge in [-0.05, 0) is 36.1 Å². The predicted molar refractivity (Wildman–Crippen MR) is 94.1 cm³/mol. The van der Waals surface area contributed by atoms with E-state index in [2.05, 4.69) is 0 Å². The second-order valence-corrected chi connectivity index (χ2v) is 5.80. The first kappa shape index (κ1) is 16.9. The zero-order valence-electron chi connectivity index (χ0n) is 14.5. The fourth-order valence-corrected chi connectivity index (χ4v) is 3.27. The maximum Gasteiger partial charge on any atom is 0.338 e. The average molecular weight is 337 g/mol. The number of ether oxygens (including phenoxy) is 1. The smallest absolute Gasteiger partial charge is 0.338 e. The van der Waals surface area contributed by atoms with Gasteiger partial charge in [0.1, 0.15) is 0 Å². The van der Waals surface area contributed by atoms with Gasteiger partial charge in [0.15, 0.2) is 0 Å². The molecule has 0 radical (unpaired) electrons. The Labute approximate surface area is 146 Å². The van der Waals surface area contributed by atoms with Gasteiger partial charge >= 0.3 is 5.97 Å². The van der Waals surface area contributed by atoms with E-state index in [-0.39, 0.29) is 16.7 Å². The van der Waals surface area contributed by atoms with Crippen LogP contribution in [0.2, 0.25) is 0 Å². The molecule has 0 atom stereocenters. The van der Waals surface area contributed by atoms with Crippen LogP contribution in [0.5, 0.6) is 0 Å². The molecule has 2 amide bonds. The van der Waals surface area contributed by atoms with Crippen LogP contribution < -0.4 is 4.90 Å². The number of anilines is 1. The highest BCUT2D eigenvalue weighted by atomic mass is 16.5. The molecule has 1 heterocycles. The number of methoxy groups -OCH3 is 1. The molecule has 1 aliphatic rings. The third kappa shape index (κ3) is 2.52. The molecule has 0 aliphatic carbocycles. The number of carbonyl (C=O) groups is 3. The number of rotatable bonds is 4. The number of amides is 2. The van der Waals surface area contributed by atoms with Crippen molar-refractivity contribution in [3.8, 4) is 0 Å². The van der Waals surface area contributed by atoms with E-state index in [9.17, 15) is 14.4 Å². The van der Waals surface area contributed by atoms with Crippen molar-refractivity contribution in [2.75, 3.05) is 12.0 Å². The monoisotopic (exact) mass is 337 g/mol. The Balaban J connectivity index is 2.22. The summed E-state index contributed by atoms with van der Waals surface area (Å²) in [6.07, 6.45) is 1.39. The van der Waals surface area contributed by atoms with Gasteiger partial charge in [-0.1, -0.05) is 38.1 Å². The third-order valence-electron chi connectivity index (χ3n) is 4.51. The van der Waals surface area contributed by atoms with Crippen LogP contribution in [-0.2, 0) is 17.6 Å². The molecule has 25 heavy (non-hydrogen) atoms. The summed E-state index contributed by atoms with van der Waals surface area (Å²) in [5.74, 6) is -1.50. The van der Waals surface area contributed by atoms with Gasteiger partial charge in [0, 0.05) is 0 Å². The van der Waals surface area contributed by atoms with E-state index in [0.717, 1.165) is 11.1 Å². The molecule has 1 aliphatic heterocycles. The van der Waals surface area contributed by atoms with Crippen LogP contribution in [0.4, 0.5) is 5.69 Å². The van der Waals surface area contributed by atoms with Gasteiger partial charge in [-0.2, -0.15) is 0 Å². The lowest BCUT2D eigenvalue weighted by atomic mass is 10.0. The Morgan fingerprint density at radius 2 is 1.56 bits per heavy atom. The second kappa shape index (κ2) is 6.51. The number of aryl methyl sites for hydroxylation is 2. The molecule has 5 nitrogen and oxygen atoms in total. The molecule has 2 aromatic rings. The predicted octanol–water partition coefficient (Wildman–Crippen LogP) is 3.40. The molecular formula is C20H19NO4. The molecule has 0 unspecified atom stereocenters. The maximum absolute atomic E-state index is 13.1. The first-order chi connectivity index (χ1) is 12.0. The van der Waals surface area contributed by atoms with Crippen molar-refractivity contribution >= 4 is 23.5 Å². The number of hydrogen-bond donors (Lipinski definition) is 0. The van der Waals surface area contributed by atoms with E-state index in [0.29, 0.717) is 18.5 Å². The Hall–Kier alpha value is -2.95. The fraction of sp³-hybridized carbons (Fsp3) is 0.250. The van der Waals surface area contributed by atoms with Gasteiger partial charge < -0.3 is 4.74 Å². The highest BCUT2D eigenvalue weighted by Crippen LogP contribution is 2.35. The molecule has 0 saturated carbocycles. The molecule has 0 saturated heterocycles. The maximum atomic E-state index is 13.1. The molecule has 2 aromatic carbocycles. The highest BCUT2D eigenvalue weighted by Gasteiger charge is 2.41. The van der Waals surface area contributed by atoms with E-state index >= 15 is 0 Å². The first-order valence-electron chi connectivity index (χ1n) is 8.25. The number of imide groups is 1. The number of hydrogen-bond acceptors (Lipinski definition) is 4. The van der Waals surface area contributed by atoms with Crippen LogP contribution in [0.25, 0.3) is 0 Å². The van der Waals surface area contributed by atoms with Crippen LogP contribution in [0, 0.1) is 0 Å². The summed E-state index contributed by atoms with van der Waals surface area (Å²) in [7, 11) is 1.25. The number of esters is 1. The molecule has 0 N–H and O–H groups in total. The minimum Gasteiger partial charge on any atom is -0.465 e. The van der Waals surface area contributed by atoms with Gasteiger partial charge in [0.25, 0.3) is 11.8 Å². The number of nitrogens with zero attached hydrogens (tertiary/aromatic N) is 1. The zero-order chi connectivity index (χ0) is 18.1. The van der Waals surface area contributed by atoms with Gasteiger partial charge in [-0.3, -0.25) is 9.59 Å². The molecule has 0 bridgehead atoms. The lowest BCUT2D eigenvalue weighted by Crippen LogP contribution is -2.31. The normalized spacial score (nSPS) is 13.2. The molecular weight excluding hydrogens is 318 g/mol. The van der Waals surface area contributed by atoms with Crippen molar-refractivity contribution in [1.82, 2.24) is 0 Å². The summed E-state index contributed by atoms with van der Waals surface area (Å²) >= 11 is 0. The van der Waals surface area contributed by atoms with Crippen LogP contribution >= 0.6 is 0 Å². The summed E-state index contributed by atoms with van der Waals surface area (Å²) in [4.78, 5) is 39.3. The van der Waals surface area contributed by atoms with Crippen molar-refractivity contribution in [3.05, 3.63) is 64.2 Å². The third-order valence-corrected chi connectivity index (χ3v) is 4.51. The van der Waals surface area contributed by atoms with Crippen molar-refractivity contribution in [2.24, 2.45) is 0 Å². The number of para-hydroxylation sites is 1. The molecule has 128 valence electrons. The average Bonchev–Trinajstić information content (AvgIpc) is 2.91. The van der Waals surface area contributed by atoms with E-state index in [1.807, 2.05) is 32.0 Å². The van der Waals surface area contributed by atoms with Crippen LogP contribution in [0.3, 0.4) is 0 Å². The Morgan fingerprint density at radius 1 is 0.960 bits per heavy atom. The lowest BCUT2D eigenvalue weighted by Gasteiger charge is -2.21. The molecule has 0 aromatic heterocycles. The van der Waals surface area contributed by atoms with Crippen molar-refractivity contribution in [3.63, 3.8) is 0 Å². The van der Waals surface area contributed by atoms with Gasteiger partial charge in [0.05, 0.1) is 29.5 Å². The number of carbonyl (C=O) groups excluding carboxylic acids is 3. The summed E-state index contributed by atoms with van der Waals surface area (Å²) in [6, 6.07) is 10.4. The summed E-state index contributed by atoms with van der Waals surface area (Å²) in [5.41, 5.74) is 2.96. The minimum absolute atomic E-state index is 0.118. The molecule has 0 fully saturated rings. The van der Waals surface area contributed by atoms with Crippen LogP contribution in [-0.4, -0.2) is 24.9 Å². The van der Waals surface area contributed by atoms with Crippen LogP contribution in [0.15, 0.2) is 36.4 Å². The van der Waals surface area contributed by atoms with Gasteiger partial charge in [-0.25, -0.2) is 9.69 Å². The standard InChI is InChI=1S/C20H19NO4/c1-4-12-8-6-9-13(5-2)17(12)21-18(22)14-10-7-11-15(20(24)25-3)16(14)19(21)23/h6-11H,4-5H2,1-3H3. The minimum atomic E-state index is -0.626. The van der Waals surface area contributed by atoms with E-state index in [1.165, 1.54) is 18.1 Å². The van der Waals surface area contributed by atoms with Crippen molar-refractivity contribution in [2.45, 2.75) is 26.7 Å². The Morgan fingerprint density at radius 3 is 2.12 bits per heavy atom.